The van der Waals surface area contributed by atoms with Gasteiger partial charge in [0.05, 0.1) is 9.83 Å². The van der Waals surface area contributed by atoms with Gasteiger partial charge in [-0.3, -0.25) is 0 Å². The monoisotopic (exact) mass is 465 g/mol. The van der Waals surface area contributed by atoms with E-state index in [-0.39, 0.29) is 0 Å². The lowest BCUT2D eigenvalue weighted by atomic mass is 10.1. The number of hydrogen-bond acceptors (Lipinski definition) is 4. The lowest BCUT2D eigenvalue weighted by Gasteiger charge is -2.15. The Morgan fingerprint density at radius 3 is 2.71 bits per heavy atom. The number of nitrogens with one attached hydrogen (secondary N) is 1. The summed E-state index contributed by atoms with van der Waals surface area (Å²) < 4.78 is 2.33. The molecule has 114 valence electrons. The highest BCUT2D eigenvalue weighted by atomic mass is 79.9. The van der Waals surface area contributed by atoms with Crippen molar-refractivity contribution in [1.82, 2.24) is 5.32 Å². The Labute approximate surface area is 155 Å². The first kappa shape index (κ1) is 16.5. The quantitative estimate of drug-likeness (QED) is 0.561. The predicted molar refractivity (Wildman–Crippen MR) is 104 cm³/mol. The first-order valence-electron chi connectivity index (χ1n) is 7.06. The molecule has 0 saturated carbocycles. The van der Waals surface area contributed by atoms with Gasteiger partial charge in [-0.2, -0.15) is 11.8 Å². The van der Waals surface area contributed by atoms with Gasteiger partial charge in [0.1, 0.15) is 0 Å². The van der Waals surface area contributed by atoms with Crippen LogP contribution < -0.4 is 5.32 Å². The number of thioether (sulfide) groups is 1. The molecule has 0 bridgehead atoms. The highest BCUT2D eigenvalue weighted by Gasteiger charge is 2.22. The van der Waals surface area contributed by atoms with E-state index < -0.39 is 0 Å². The molecule has 3 heterocycles. The summed E-state index contributed by atoms with van der Waals surface area (Å²) in [6.45, 7) is 3.27. The number of thiophene rings is 2. The molecule has 1 aliphatic heterocycles. The summed E-state index contributed by atoms with van der Waals surface area (Å²) in [4.78, 5) is 4.45. The molecule has 1 nitrogen and oxygen atoms in total. The van der Waals surface area contributed by atoms with Crippen molar-refractivity contribution in [2.75, 3.05) is 12.3 Å². The normalized spacial score (nSPS) is 16.0. The number of halogens is 2. The van der Waals surface area contributed by atoms with Crippen LogP contribution in [-0.4, -0.2) is 12.3 Å². The topological polar surface area (TPSA) is 12.0 Å². The summed E-state index contributed by atoms with van der Waals surface area (Å²) in [6, 6.07) is 5.01. The van der Waals surface area contributed by atoms with Gasteiger partial charge < -0.3 is 5.32 Å². The summed E-state index contributed by atoms with van der Waals surface area (Å²) in [5.41, 5.74) is 1.56. The van der Waals surface area contributed by atoms with E-state index in [0.717, 1.165) is 17.4 Å². The molecule has 3 rings (SSSR count). The molecule has 1 atom stereocenters. The van der Waals surface area contributed by atoms with E-state index in [9.17, 15) is 0 Å². The molecule has 0 aromatic carbocycles. The van der Waals surface area contributed by atoms with Crippen LogP contribution in [0.2, 0.25) is 0 Å². The van der Waals surface area contributed by atoms with Crippen LogP contribution in [0.1, 0.15) is 39.6 Å². The van der Waals surface area contributed by atoms with Crippen LogP contribution in [-0.2, 0) is 12.2 Å². The Hall–Kier alpha value is 0.670. The average molecular weight is 467 g/mol. The first-order valence-corrected chi connectivity index (χ1v) is 11.4. The van der Waals surface area contributed by atoms with Crippen LogP contribution in [0, 0.1) is 0 Å². The third-order valence-electron chi connectivity index (χ3n) is 3.48. The molecule has 0 spiro atoms. The third kappa shape index (κ3) is 3.78. The van der Waals surface area contributed by atoms with Gasteiger partial charge in [0.15, 0.2) is 0 Å². The van der Waals surface area contributed by atoms with Gasteiger partial charge in [0.25, 0.3) is 0 Å². The van der Waals surface area contributed by atoms with Crippen LogP contribution in [0.3, 0.4) is 0 Å². The van der Waals surface area contributed by atoms with Crippen molar-refractivity contribution in [2.24, 2.45) is 0 Å². The van der Waals surface area contributed by atoms with Crippen LogP contribution in [0.25, 0.3) is 0 Å². The van der Waals surface area contributed by atoms with E-state index in [1.165, 1.54) is 31.5 Å². The Kier molecular flexibility index (Phi) is 5.90. The maximum atomic E-state index is 3.72. The van der Waals surface area contributed by atoms with Crippen molar-refractivity contribution < 1.29 is 0 Å². The summed E-state index contributed by atoms with van der Waals surface area (Å²) in [5.74, 6) is 2.46. The van der Waals surface area contributed by atoms with Gasteiger partial charge in [0.2, 0.25) is 0 Å². The summed E-state index contributed by atoms with van der Waals surface area (Å²) in [7, 11) is 0. The number of fused-ring (bicyclic) bond motifs is 1. The van der Waals surface area contributed by atoms with Crippen molar-refractivity contribution in [1.29, 1.82) is 0 Å². The van der Waals surface area contributed by atoms with Crippen LogP contribution in [0.15, 0.2) is 20.4 Å². The van der Waals surface area contributed by atoms with Gasteiger partial charge in [0, 0.05) is 24.9 Å². The van der Waals surface area contributed by atoms with E-state index in [1.54, 1.807) is 10.4 Å². The standard InChI is InChI=1S/C15H17Br2NS3/c1-2-4-18-14(13-7-10(16)15(17)21-13)12-6-9-8-19-5-3-11(9)20-12/h6-7,14,18H,2-5,8H2,1H3. The maximum absolute atomic E-state index is 3.72. The SMILES string of the molecule is CCCNC(c1cc(Br)c(Br)s1)c1cc2c(s1)CCSC2. The molecule has 6 heteroatoms. The van der Waals surface area contributed by atoms with Crippen molar-refractivity contribution in [3.8, 4) is 0 Å². The molecule has 0 fully saturated rings. The minimum Gasteiger partial charge on any atom is -0.305 e. The molecule has 0 saturated heterocycles. The van der Waals surface area contributed by atoms with Crippen LogP contribution in [0.4, 0.5) is 0 Å². The van der Waals surface area contributed by atoms with E-state index in [2.05, 4.69) is 68.0 Å². The van der Waals surface area contributed by atoms with E-state index in [1.807, 2.05) is 22.7 Å². The highest BCUT2D eigenvalue weighted by Crippen LogP contribution is 2.41. The second-order valence-corrected chi connectivity index (χ2v) is 10.6. The summed E-state index contributed by atoms with van der Waals surface area (Å²) >= 11 is 13.1. The second-order valence-electron chi connectivity index (χ2n) is 5.06. The fourth-order valence-corrected chi connectivity index (χ4v) is 7.18. The second kappa shape index (κ2) is 7.49. The van der Waals surface area contributed by atoms with E-state index in [0.29, 0.717) is 6.04 Å². The Morgan fingerprint density at radius 2 is 2.05 bits per heavy atom. The van der Waals surface area contributed by atoms with Crippen molar-refractivity contribution >= 4 is 66.3 Å². The van der Waals surface area contributed by atoms with Crippen molar-refractivity contribution in [3.63, 3.8) is 0 Å². The van der Waals surface area contributed by atoms with Crippen LogP contribution >= 0.6 is 66.3 Å². The number of hydrogen-bond donors (Lipinski definition) is 1. The average Bonchev–Trinajstić information content (AvgIpc) is 3.04. The molecule has 1 aliphatic rings. The number of aryl methyl sites for hydroxylation is 1. The van der Waals surface area contributed by atoms with Gasteiger partial charge in [-0.05, 0) is 74.7 Å². The Morgan fingerprint density at radius 1 is 1.24 bits per heavy atom. The van der Waals surface area contributed by atoms with Crippen molar-refractivity contribution in [3.05, 3.63) is 40.6 Å². The van der Waals surface area contributed by atoms with Crippen molar-refractivity contribution in [2.45, 2.75) is 31.6 Å². The zero-order valence-electron chi connectivity index (χ0n) is 11.7. The highest BCUT2D eigenvalue weighted by molar-refractivity contribution is 9.13. The van der Waals surface area contributed by atoms with E-state index in [4.69, 9.17) is 0 Å². The minimum atomic E-state index is 0.332. The summed E-state index contributed by atoms with van der Waals surface area (Å²) in [5, 5.41) is 3.72. The Bertz CT molecular complexity index is 577. The molecular formula is C15H17Br2NS3. The molecule has 1 N–H and O–H groups in total. The zero-order valence-corrected chi connectivity index (χ0v) is 17.4. The molecule has 21 heavy (non-hydrogen) atoms. The molecule has 2 aromatic rings. The molecule has 1 unspecified atom stereocenters. The van der Waals surface area contributed by atoms with Gasteiger partial charge in [-0.25, -0.2) is 0 Å². The number of rotatable bonds is 5. The van der Waals surface area contributed by atoms with Gasteiger partial charge in [-0.1, -0.05) is 6.92 Å². The van der Waals surface area contributed by atoms with Gasteiger partial charge in [-0.15, -0.1) is 22.7 Å². The largest absolute Gasteiger partial charge is 0.305 e. The fourth-order valence-electron chi connectivity index (χ4n) is 2.45. The molecular weight excluding hydrogens is 450 g/mol. The lowest BCUT2D eigenvalue weighted by molar-refractivity contribution is 0.613. The van der Waals surface area contributed by atoms with Gasteiger partial charge >= 0.3 is 0 Å². The summed E-state index contributed by atoms with van der Waals surface area (Å²) in [6.07, 6.45) is 2.40. The minimum absolute atomic E-state index is 0.332. The first-order chi connectivity index (χ1) is 10.2. The lowest BCUT2D eigenvalue weighted by Crippen LogP contribution is -2.21. The Balaban J connectivity index is 1.92. The molecule has 0 amide bonds. The third-order valence-corrected chi connectivity index (χ3v) is 9.11. The fraction of sp³-hybridized carbons (Fsp3) is 0.467. The maximum Gasteiger partial charge on any atom is 0.0843 e. The molecule has 0 radical (unpaired) electrons. The molecule has 0 aliphatic carbocycles. The van der Waals surface area contributed by atoms with Crippen LogP contribution in [0.5, 0.6) is 0 Å². The molecule has 2 aromatic heterocycles. The predicted octanol–water partition coefficient (Wildman–Crippen LogP) is 6.21. The van der Waals surface area contributed by atoms with E-state index >= 15 is 0 Å². The smallest absolute Gasteiger partial charge is 0.0843 e. The zero-order chi connectivity index (χ0) is 14.8.